The second-order valence-corrected chi connectivity index (χ2v) is 7.91. The molecule has 1 N–H and O–H groups in total. The minimum absolute atomic E-state index is 0.118. The van der Waals surface area contributed by atoms with E-state index < -0.39 is 18.5 Å². The van der Waals surface area contributed by atoms with Gasteiger partial charge in [0.05, 0.1) is 11.3 Å². The van der Waals surface area contributed by atoms with Gasteiger partial charge in [0.25, 0.3) is 11.1 Å². The van der Waals surface area contributed by atoms with E-state index in [2.05, 4.69) is 5.32 Å². The lowest BCUT2D eigenvalue weighted by Crippen LogP contribution is -2.38. The summed E-state index contributed by atoms with van der Waals surface area (Å²) >= 11 is 0.949. The molecular formula is C20H24N2O5S. The Hall–Kier alpha value is -2.35. The number of carbonyl (C=O) groups is 4. The molecule has 2 aliphatic rings. The van der Waals surface area contributed by atoms with Gasteiger partial charge in [-0.25, -0.2) is 4.79 Å². The first-order valence-corrected chi connectivity index (χ1v) is 10.5. The number of imide groups is 1. The van der Waals surface area contributed by atoms with Crippen molar-refractivity contribution in [1.29, 1.82) is 0 Å². The van der Waals surface area contributed by atoms with Crippen LogP contribution < -0.4 is 5.32 Å². The number of thioether (sulfide) groups is 1. The van der Waals surface area contributed by atoms with Gasteiger partial charge >= 0.3 is 5.97 Å². The zero-order chi connectivity index (χ0) is 19.9. The van der Waals surface area contributed by atoms with Gasteiger partial charge in [-0.15, -0.1) is 0 Å². The molecule has 1 saturated heterocycles. The summed E-state index contributed by atoms with van der Waals surface area (Å²) in [7, 11) is 0. The summed E-state index contributed by atoms with van der Waals surface area (Å²) < 4.78 is 5.04. The Morgan fingerprint density at radius 3 is 2.46 bits per heavy atom. The van der Waals surface area contributed by atoms with Gasteiger partial charge in [0.2, 0.25) is 5.91 Å². The second-order valence-electron chi connectivity index (χ2n) is 6.98. The molecule has 0 radical (unpaired) electrons. The average Bonchev–Trinajstić information content (AvgIpc) is 3.05. The zero-order valence-corrected chi connectivity index (χ0v) is 16.5. The Balaban J connectivity index is 1.39. The van der Waals surface area contributed by atoms with Crippen molar-refractivity contribution in [2.24, 2.45) is 0 Å². The Kier molecular flexibility index (Phi) is 7.08. The summed E-state index contributed by atoms with van der Waals surface area (Å²) in [5.74, 6) is -0.570. The van der Waals surface area contributed by atoms with Crippen molar-refractivity contribution in [1.82, 2.24) is 10.2 Å². The van der Waals surface area contributed by atoms with Crippen molar-refractivity contribution in [3.8, 4) is 0 Å². The third-order valence-corrected chi connectivity index (χ3v) is 5.91. The molecule has 1 aromatic rings. The van der Waals surface area contributed by atoms with Gasteiger partial charge in [-0.1, -0.05) is 43.2 Å². The molecule has 1 heterocycles. The van der Waals surface area contributed by atoms with Crippen molar-refractivity contribution in [3.63, 3.8) is 0 Å². The van der Waals surface area contributed by atoms with Crippen LogP contribution in [0.3, 0.4) is 0 Å². The molecule has 1 saturated carbocycles. The summed E-state index contributed by atoms with van der Waals surface area (Å²) in [6.45, 7) is -0.155. The molecule has 3 rings (SSSR count). The third-order valence-electron chi connectivity index (χ3n) is 5.06. The molecule has 3 amide bonds. The van der Waals surface area contributed by atoms with Crippen LogP contribution >= 0.6 is 11.8 Å². The van der Waals surface area contributed by atoms with Crippen LogP contribution in [0.5, 0.6) is 0 Å². The van der Waals surface area contributed by atoms with E-state index in [1.807, 2.05) is 12.1 Å². The Bertz CT molecular complexity index is 727. The first kappa shape index (κ1) is 20.4. The predicted octanol–water partition coefficient (Wildman–Crippen LogP) is 2.70. The molecule has 0 spiro atoms. The van der Waals surface area contributed by atoms with Crippen molar-refractivity contribution in [3.05, 3.63) is 35.4 Å². The highest BCUT2D eigenvalue weighted by molar-refractivity contribution is 8.14. The normalized spacial score (nSPS) is 17.6. The lowest BCUT2D eigenvalue weighted by molar-refractivity contribution is -0.126. The third kappa shape index (κ3) is 5.34. The van der Waals surface area contributed by atoms with E-state index in [-0.39, 0.29) is 30.0 Å². The maximum atomic E-state index is 12.1. The number of carbonyl (C=O) groups excluding carboxylic acids is 4. The lowest BCUT2D eigenvalue weighted by Gasteiger charge is -2.21. The van der Waals surface area contributed by atoms with Crippen LogP contribution in [0.15, 0.2) is 24.3 Å². The summed E-state index contributed by atoms with van der Waals surface area (Å²) in [6.07, 6.45) is 6.19. The van der Waals surface area contributed by atoms with Gasteiger partial charge in [-0.2, -0.15) is 0 Å². The van der Waals surface area contributed by atoms with Gasteiger partial charge < -0.3 is 10.1 Å². The molecule has 0 unspecified atom stereocenters. The largest absolute Gasteiger partial charge is 0.452 e. The van der Waals surface area contributed by atoms with Crippen molar-refractivity contribution < 1.29 is 23.9 Å². The molecular weight excluding hydrogens is 380 g/mol. The predicted molar refractivity (Wildman–Crippen MR) is 105 cm³/mol. The minimum Gasteiger partial charge on any atom is -0.452 e. The number of ether oxygens (including phenoxy) is 1. The molecule has 0 bridgehead atoms. The van der Waals surface area contributed by atoms with E-state index >= 15 is 0 Å². The number of benzene rings is 1. The molecule has 1 aliphatic heterocycles. The smallest absolute Gasteiger partial charge is 0.338 e. The number of hydrogen-bond acceptors (Lipinski definition) is 6. The molecule has 8 heteroatoms. The van der Waals surface area contributed by atoms with E-state index in [4.69, 9.17) is 4.74 Å². The number of amides is 3. The molecule has 1 aliphatic carbocycles. The van der Waals surface area contributed by atoms with Crippen molar-refractivity contribution in [2.45, 2.75) is 38.0 Å². The first-order valence-electron chi connectivity index (χ1n) is 9.55. The maximum absolute atomic E-state index is 12.1. The van der Waals surface area contributed by atoms with Crippen LogP contribution in [-0.2, 0) is 14.3 Å². The van der Waals surface area contributed by atoms with Crippen LogP contribution in [0.2, 0.25) is 0 Å². The topological polar surface area (TPSA) is 92.8 Å². The quantitative estimate of drug-likeness (QED) is 0.703. The standard InChI is InChI=1S/C20H24N2O5S/c23-17(21-10-11-22-18(24)13-28-20(22)26)12-27-19(25)16-8-6-15(7-9-16)14-4-2-1-3-5-14/h6-9,14H,1-5,10-13H2,(H,21,23). The highest BCUT2D eigenvalue weighted by Gasteiger charge is 2.29. The Morgan fingerprint density at radius 1 is 1.11 bits per heavy atom. The van der Waals surface area contributed by atoms with Crippen LogP contribution in [0.4, 0.5) is 4.79 Å². The number of nitrogens with zero attached hydrogens (tertiary/aromatic N) is 1. The van der Waals surface area contributed by atoms with Gasteiger partial charge in [0.1, 0.15) is 0 Å². The number of nitrogens with one attached hydrogen (secondary N) is 1. The highest BCUT2D eigenvalue weighted by Crippen LogP contribution is 2.32. The van der Waals surface area contributed by atoms with E-state index in [1.54, 1.807) is 12.1 Å². The van der Waals surface area contributed by atoms with E-state index in [9.17, 15) is 19.2 Å². The molecule has 2 fully saturated rings. The summed E-state index contributed by atoms with van der Waals surface area (Å²) in [5, 5.41) is 2.23. The van der Waals surface area contributed by atoms with Crippen LogP contribution in [0.25, 0.3) is 0 Å². The van der Waals surface area contributed by atoms with E-state index in [1.165, 1.54) is 37.7 Å². The first-order chi connectivity index (χ1) is 13.5. The molecule has 7 nitrogen and oxygen atoms in total. The summed E-state index contributed by atoms with van der Waals surface area (Å²) in [4.78, 5) is 47.9. The number of rotatable bonds is 7. The van der Waals surface area contributed by atoms with Crippen LogP contribution in [0.1, 0.15) is 53.9 Å². The Labute approximate surface area is 168 Å². The molecule has 150 valence electrons. The SMILES string of the molecule is O=C(COC(=O)c1ccc(C2CCCCC2)cc1)NCCN1C(=O)CSC1=O. The monoisotopic (exact) mass is 404 g/mol. The fourth-order valence-corrected chi connectivity index (χ4v) is 4.25. The molecule has 28 heavy (non-hydrogen) atoms. The number of esters is 1. The fourth-order valence-electron chi connectivity index (χ4n) is 3.50. The van der Waals surface area contributed by atoms with Gasteiger partial charge in [-0.3, -0.25) is 19.3 Å². The summed E-state index contributed by atoms with van der Waals surface area (Å²) in [5.41, 5.74) is 1.66. The van der Waals surface area contributed by atoms with Crippen molar-refractivity contribution in [2.75, 3.05) is 25.4 Å². The van der Waals surface area contributed by atoms with Crippen LogP contribution in [-0.4, -0.2) is 53.4 Å². The van der Waals surface area contributed by atoms with Crippen LogP contribution in [0, 0.1) is 0 Å². The summed E-state index contributed by atoms with van der Waals surface area (Å²) in [6, 6.07) is 7.42. The minimum atomic E-state index is -0.549. The van der Waals surface area contributed by atoms with E-state index in [0.717, 1.165) is 16.7 Å². The molecule has 0 atom stereocenters. The maximum Gasteiger partial charge on any atom is 0.338 e. The Morgan fingerprint density at radius 2 is 1.82 bits per heavy atom. The zero-order valence-electron chi connectivity index (χ0n) is 15.6. The lowest BCUT2D eigenvalue weighted by atomic mass is 9.84. The average molecular weight is 404 g/mol. The van der Waals surface area contributed by atoms with E-state index in [0.29, 0.717) is 11.5 Å². The molecule has 0 aromatic heterocycles. The van der Waals surface area contributed by atoms with Gasteiger partial charge in [-0.05, 0) is 36.5 Å². The number of hydrogen-bond donors (Lipinski definition) is 1. The van der Waals surface area contributed by atoms with Gasteiger partial charge in [0.15, 0.2) is 6.61 Å². The fraction of sp³-hybridized carbons (Fsp3) is 0.500. The molecule has 1 aromatic carbocycles. The highest BCUT2D eigenvalue weighted by atomic mass is 32.2. The second kappa shape index (κ2) is 9.73. The van der Waals surface area contributed by atoms with Crippen molar-refractivity contribution >= 4 is 34.8 Å². The van der Waals surface area contributed by atoms with Gasteiger partial charge in [0, 0.05) is 13.1 Å².